The van der Waals surface area contributed by atoms with Crippen molar-refractivity contribution in [1.29, 1.82) is 0 Å². The van der Waals surface area contributed by atoms with Gasteiger partial charge in [0.2, 0.25) is 0 Å². The molecular formula is C21H20N2O2. The molecule has 4 aromatic rings. The molecule has 0 saturated heterocycles. The Morgan fingerprint density at radius 1 is 1.00 bits per heavy atom. The molecule has 0 bridgehead atoms. The van der Waals surface area contributed by atoms with Crippen LogP contribution in [-0.2, 0) is 11.3 Å². The third-order valence-corrected chi connectivity index (χ3v) is 4.28. The van der Waals surface area contributed by atoms with Gasteiger partial charge in [-0.3, -0.25) is 4.98 Å². The summed E-state index contributed by atoms with van der Waals surface area (Å²) in [4.78, 5) is 4.37. The standard InChI is InChI=1S/C21H20N2O2/c22-8-3-9-24-14-15-6-7-17-12-23-13-19(18(17)10-15)21-11-16-4-1-2-5-20(16)25-21/h1-2,4-7,10-13H,3,8-9,14,22H2. The maximum absolute atomic E-state index is 6.03. The van der Waals surface area contributed by atoms with Crippen molar-refractivity contribution in [3.63, 3.8) is 0 Å². The Kier molecular flexibility index (Phi) is 4.46. The van der Waals surface area contributed by atoms with E-state index in [1.54, 1.807) is 0 Å². The lowest BCUT2D eigenvalue weighted by Crippen LogP contribution is -2.04. The maximum atomic E-state index is 6.03. The summed E-state index contributed by atoms with van der Waals surface area (Å²) in [5.41, 5.74) is 8.52. The summed E-state index contributed by atoms with van der Waals surface area (Å²) in [5, 5.41) is 3.30. The Labute approximate surface area is 146 Å². The molecule has 0 saturated carbocycles. The van der Waals surface area contributed by atoms with Crippen LogP contribution in [0.25, 0.3) is 33.1 Å². The van der Waals surface area contributed by atoms with Crippen molar-refractivity contribution < 1.29 is 9.15 Å². The number of nitrogens with two attached hydrogens (primary N) is 1. The highest BCUT2D eigenvalue weighted by Crippen LogP contribution is 2.32. The van der Waals surface area contributed by atoms with E-state index >= 15 is 0 Å². The van der Waals surface area contributed by atoms with Crippen LogP contribution in [0.4, 0.5) is 0 Å². The number of rotatable bonds is 6. The molecular weight excluding hydrogens is 312 g/mol. The molecule has 0 fully saturated rings. The lowest BCUT2D eigenvalue weighted by Gasteiger charge is -2.07. The molecule has 4 nitrogen and oxygen atoms in total. The molecule has 2 N–H and O–H groups in total. The number of para-hydroxylation sites is 1. The fourth-order valence-corrected chi connectivity index (χ4v) is 2.99. The fraction of sp³-hybridized carbons (Fsp3) is 0.190. The van der Waals surface area contributed by atoms with Crippen LogP contribution in [0.2, 0.25) is 0 Å². The molecule has 2 aromatic carbocycles. The van der Waals surface area contributed by atoms with Crippen molar-refractivity contribution in [2.24, 2.45) is 5.73 Å². The summed E-state index contributed by atoms with van der Waals surface area (Å²) < 4.78 is 11.7. The minimum absolute atomic E-state index is 0.581. The van der Waals surface area contributed by atoms with Gasteiger partial charge in [0.25, 0.3) is 0 Å². The average molecular weight is 332 g/mol. The zero-order chi connectivity index (χ0) is 17.1. The van der Waals surface area contributed by atoms with Gasteiger partial charge in [-0.1, -0.05) is 30.3 Å². The Hall–Kier alpha value is -2.69. The number of fused-ring (bicyclic) bond motifs is 2. The normalized spacial score (nSPS) is 11.4. The number of hydrogen-bond donors (Lipinski definition) is 1. The van der Waals surface area contributed by atoms with E-state index in [4.69, 9.17) is 14.9 Å². The van der Waals surface area contributed by atoms with Crippen molar-refractivity contribution in [1.82, 2.24) is 4.98 Å². The largest absolute Gasteiger partial charge is 0.456 e. The van der Waals surface area contributed by atoms with Crippen LogP contribution in [0.15, 0.2) is 65.3 Å². The van der Waals surface area contributed by atoms with E-state index in [1.807, 2.05) is 30.6 Å². The highest BCUT2D eigenvalue weighted by molar-refractivity contribution is 5.97. The van der Waals surface area contributed by atoms with Gasteiger partial charge < -0.3 is 14.9 Å². The summed E-state index contributed by atoms with van der Waals surface area (Å²) >= 11 is 0. The molecule has 4 heteroatoms. The third-order valence-electron chi connectivity index (χ3n) is 4.28. The number of ether oxygens (including phenoxy) is 1. The van der Waals surface area contributed by atoms with Gasteiger partial charge in [0, 0.05) is 35.3 Å². The first-order valence-electron chi connectivity index (χ1n) is 8.48. The number of nitrogens with zero attached hydrogens (tertiary/aromatic N) is 1. The molecule has 126 valence electrons. The second kappa shape index (κ2) is 7.05. The molecule has 0 aliphatic heterocycles. The van der Waals surface area contributed by atoms with Gasteiger partial charge in [-0.25, -0.2) is 0 Å². The maximum Gasteiger partial charge on any atom is 0.137 e. The Morgan fingerprint density at radius 2 is 1.92 bits per heavy atom. The van der Waals surface area contributed by atoms with Crippen LogP contribution in [0.3, 0.4) is 0 Å². The molecule has 0 spiro atoms. The summed E-state index contributed by atoms with van der Waals surface area (Å²) in [6.45, 7) is 1.92. The van der Waals surface area contributed by atoms with E-state index in [-0.39, 0.29) is 0 Å². The van der Waals surface area contributed by atoms with Crippen LogP contribution >= 0.6 is 0 Å². The second-order valence-corrected chi connectivity index (χ2v) is 6.09. The number of hydrogen-bond acceptors (Lipinski definition) is 4. The summed E-state index contributed by atoms with van der Waals surface area (Å²) in [5.74, 6) is 0.834. The minimum Gasteiger partial charge on any atom is -0.456 e. The van der Waals surface area contributed by atoms with Crippen molar-refractivity contribution in [2.45, 2.75) is 13.0 Å². The van der Waals surface area contributed by atoms with E-state index in [0.717, 1.165) is 45.0 Å². The molecule has 4 rings (SSSR count). The molecule has 25 heavy (non-hydrogen) atoms. The lowest BCUT2D eigenvalue weighted by atomic mass is 10.0. The van der Waals surface area contributed by atoms with Crippen LogP contribution in [0.5, 0.6) is 0 Å². The van der Waals surface area contributed by atoms with Crippen molar-refractivity contribution in [3.8, 4) is 11.3 Å². The van der Waals surface area contributed by atoms with Gasteiger partial charge in [-0.05, 0) is 42.1 Å². The molecule has 0 unspecified atom stereocenters. The van der Waals surface area contributed by atoms with Crippen LogP contribution in [-0.4, -0.2) is 18.1 Å². The van der Waals surface area contributed by atoms with Crippen molar-refractivity contribution >= 4 is 21.7 Å². The monoisotopic (exact) mass is 332 g/mol. The van der Waals surface area contributed by atoms with Gasteiger partial charge >= 0.3 is 0 Å². The van der Waals surface area contributed by atoms with Crippen LogP contribution in [0, 0.1) is 0 Å². The first-order chi connectivity index (χ1) is 12.3. The van der Waals surface area contributed by atoms with Gasteiger partial charge in [0.1, 0.15) is 11.3 Å². The highest BCUT2D eigenvalue weighted by atomic mass is 16.5. The average Bonchev–Trinajstić information content (AvgIpc) is 3.08. The van der Waals surface area contributed by atoms with E-state index in [2.05, 4.69) is 35.3 Å². The van der Waals surface area contributed by atoms with Gasteiger partial charge in [-0.15, -0.1) is 0 Å². The predicted octanol–water partition coefficient (Wildman–Crippen LogP) is 4.51. The number of pyridine rings is 1. The van der Waals surface area contributed by atoms with E-state index < -0.39 is 0 Å². The highest BCUT2D eigenvalue weighted by Gasteiger charge is 2.10. The van der Waals surface area contributed by atoms with Crippen molar-refractivity contribution in [3.05, 3.63) is 66.5 Å². The van der Waals surface area contributed by atoms with Crippen LogP contribution < -0.4 is 5.73 Å². The smallest absolute Gasteiger partial charge is 0.137 e. The molecule has 0 radical (unpaired) electrons. The van der Waals surface area contributed by atoms with E-state index in [9.17, 15) is 0 Å². The molecule has 0 amide bonds. The number of aromatic nitrogens is 1. The fourth-order valence-electron chi connectivity index (χ4n) is 2.99. The minimum atomic E-state index is 0.581. The summed E-state index contributed by atoms with van der Waals surface area (Å²) in [6.07, 6.45) is 4.61. The molecule has 0 aliphatic carbocycles. The first-order valence-corrected chi connectivity index (χ1v) is 8.48. The third kappa shape index (κ3) is 3.27. The van der Waals surface area contributed by atoms with E-state index in [0.29, 0.717) is 19.8 Å². The van der Waals surface area contributed by atoms with Crippen LogP contribution in [0.1, 0.15) is 12.0 Å². The molecule has 2 heterocycles. The summed E-state index contributed by atoms with van der Waals surface area (Å²) in [7, 11) is 0. The zero-order valence-corrected chi connectivity index (χ0v) is 13.9. The lowest BCUT2D eigenvalue weighted by molar-refractivity contribution is 0.120. The number of benzene rings is 2. The van der Waals surface area contributed by atoms with Gasteiger partial charge in [0.15, 0.2) is 0 Å². The molecule has 0 atom stereocenters. The predicted molar refractivity (Wildman–Crippen MR) is 100 cm³/mol. The van der Waals surface area contributed by atoms with Crippen molar-refractivity contribution in [2.75, 3.05) is 13.2 Å². The zero-order valence-electron chi connectivity index (χ0n) is 13.9. The first kappa shape index (κ1) is 15.8. The van der Waals surface area contributed by atoms with Gasteiger partial charge in [0.05, 0.1) is 6.61 Å². The SMILES string of the molecule is NCCCOCc1ccc2cncc(-c3cc4ccccc4o3)c2c1. The topological polar surface area (TPSA) is 61.3 Å². The molecule has 2 aromatic heterocycles. The quantitative estimate of drug-likeness (QED) is 0.528. The Morgan fingerprint density at radius 3 is 2.80 bits per heavy atom. The Bertz CT molecular complexity index is 974. The number of furan rings is 1. The molecule has 0 aliphatic rings. The van der Waals surface area contributed by atoms with Gasteiger partial charge in [-0.2, -0.15) is 0 Å². The summed E-state index contributed by atoms with van der Waals surface area (Å²) in [6, 6.07) is 16.4. The van der Waals surface area contributed by atoms with E-state index in [1.165, 1.54) is 0 Å². The second-order valence-electron chi connectivity index (χ2n) is 6.09. The Balaban J connectivity index is 1.72.